The van der Waals surface area contributed by atoms with Crippen LogP contribution >= 0.6 is 23.2 Å². The van der Waals surface area contributed by atoms with Gasteiger partial charge < -0.3 is 10.4 Å². The fraction of sp³-hybridized carbons (Fsp3) is 0.571. The van der Waals surface area contributed by atoms with Crippen LogP contribution in [-0.4, -0.2) is 35.7 Å². The molecule has 0 radical (unpaired) electrons. The summed E-state index contributed by atoms with van der Waals surface area (Å²) >= 11 is 11.8. The summed E-state index contributed by atoms with van der Waals surface area (Å²) in [5.74, 6) is 0.118. The Labute approximate surface area is 124 Å². The highest BCUT2D eigenvalue weighted by Crippen LogP contribution is 2.30. The smallest absolute Gasteiger partial charge is 0.138 e. The van der Waals surface area contributed by atoms with E-state index in [9.17, 15) is 5.11 Å². The largest absolute Gasteiger partial charge is 0.506 e. The van der Waals surface area contributed by atoms with Crippen molar-refractivity contribution in [3.63, 3.8) is 0 Å². The predicted molar refractivity (Wildman–Crippen MR) is 80.1 cm³/mol. The quantitative estimate of drug-likeness (QED) is 0.876. The summed E-state index contributed by atoms with van der Waals surface area (Å²) in [5, 5.41) is 14.1. The molecule has 1 aromatic rings. The number of benzene rings is 1. The van der Waals surface area contributed by atoms with Gasteiger partial charge in [0.15, 0.2) is 0 Å². The molecule has 19 heavy (non-hydrogen) atoms. The van der Waals surface area contributed by atoms with Gasteiger partial charge in [0.25, 0.3) is 0 Å². The van der Waals surface area contributed by atoms with E-state index in [1.54, 1.807) is 12.1 Å². The van der Waals surface area contributed by atoms with Gasteiger partial charge in [0.05, 0.1) is 5.02 Å². The summed E-state index contributed by atoms with van der Waals surface area (Å²) in [6, 6.07) is 3.81. The maximum Gasteiger partial charge on any atom is 0.138 e. The third kappa shape index (κ3) is 3.99. The van der Waals surface area contributed by atoms with Crippen LogP contribution in [0.1, 0.15) is 25.3 Å². The van der Waals surface area contributed by atoms with Gasteiger partial charge in [-0.25, -0.2) is 0 Å². The summed E-state index contributed by atoms with van der Waals surface area (Å²) in [5.41, 5.74) is 0.742. The molecule has 5 heteroatoms. The average Bonchev–Trinajstić information content (AvgIpc) is 2.88. The van der Waals surface area contributed by atoms with Gasteiger partial charge in [0.2, 0.25) is 0 Å². The molecule has 0 spiro atoms. The van der Waals surface area contributed by atoms with Crippen molar-refractivity contribution in [3.8, 4) is 5.75 Å². The van der Waals surface area contributed by atoms with Crippen molar-refractivity contribution in [2.24, 2.45) is 0 Å². The number of nitrogens with zero attached hydrogens (tertiary/aromatic N) is 1. The van der Waals surface area contributed by atoms with Crippen molar-refractivity contribution < 1.29 is 5.11 Å². The number of hydrogen-bond acceptors (Lipinski definition) is 3. The number of phenolic OH excluding ortho intramolecular Hbond substituents is 1. The van der Waals surface area contributed by atoms with Crippen molar-refractivity contribution in [1.29, 1.82) is 0 Å². The monoisotopic (exact) mass is 302 g/mol. The SMILES string of the molecule is CC(CNCc1cc(Cl)cc(Cl)c1O)N1CCCC1. The lowest BCUT2D eigenvalue weighted by Crippen LogP contribution is -2.38. The minimum atomic E-state index is 0.118. The molecule has 106 valence electrons. The zero-order valence-electron chi connectivity index (χ0n) is 11.1. The zero-order valence-corrected chi connectivity index (χ0v) is 12.6. The van der Waals surface area contributed by atoms with Crippen LogP contribution in [0.2, 0.25) is 10.0 Å². The van der Waals surface area contributed by atoms with E-state index in [0.29, 0.717) is 22.6 Å². The Morgan fingerprint density at radius 3 is 2.68 bits per heavy atom. The minimum Gasteiger partial charge on any atom is -0.506 e. The van der Waals surface area contributed by atoms with Gasteiger partial charge >= 0.3 is 0 Å². The lowest BCUT2D eigenvalue weighted by Gasteiger charge is -2.24. The number of phenols is 1. The lowest BCUT2D eigenvalue weighted by atomic mass is 10.2. The standard InChI is InChI=1S/C14H20Cl2N2O/c1-10(18-4-2-3-5-18)8-17-9-11-6-12(15)7-13(16)14(11)19/h6-7,10,17,19H,2-5,8-9H2,1H3. The summed E-state index contributed by atoms with van der Waals surface area (Å²) in [7, 11) is 0. The molecule has 1 atom stereocenters. The Morgan fingerprint density at radius 2 is 2.00 bits per heavy atom. The van der Waals surface area contributed by atoms with Crippen molar-refractivity contribution in [3.05, 3.63) is 27.7 Å². The first kappa shape index (κ1) is 14.9. The summed E-state index contributed by atoms with van der Waals surface area (Å²) in [6.07, 6.45) is 2.60. The third-order valence-electron chi connectivity index (χ3n) is 3.63. The van der Waals surface area contributed by atoms with Gasteiger partial charge in [-0.2, -0.15) is 0 Å². The van der Waals surface area contributed by atoms with E-state index in [1.165, 1.54) is 25.9 Å². The molecule has 0 aliphatic carbocycles. The van der Waals surface area contributed by atoms with Crippen molar-refractivity contribution in [2.75, 3.05) is 19.6 Å². The summed E-state index contributed by atoms with van der Waals surface area (Å²) in [4.78, 5) is 2.48. The van der Waals surface area contributed by atoms with Crippen LogP contribution in [0.5, 0.6) is 5.75 Å². The van der Waals surface area contributed by atoms with E-state index in [4.69, 9.17) is 23.2 Å². The molecule has 0 amide bonds. The number of rotatable bonds is 5. The molecule has 1 saturated heterocycles. The molecule has 1 fully saturated rings. The van der Waals surface area contributed by atoms with Crippen LogP contribution < -0.4 is 5.32 Å². The van der Waals surface area contributed by atoms with Crippen LogP contribution in [0.4, 0.5) is 0 Å². The average molecular weight is 303 g/mol. The Balaban J connectivity index is 1.85. The van der Waals surface area contributed by atoms with Crippen molar-refractivity contribution in [2.45, 2.75) is 32.4 Å². The first-order chi connectivity index (χ1) is 9.08. The molecule has 0 bridgehead atoms. The van der Waals surface area contributed by atoms with Gasteiger partial charge in [-0.15, -0.1) is 0 Å². The normalized spacial score (nSPS) is 17.8. The molecule has 2 N–H and O–H groups in total. The van der Waals surface area contributed by atoms with Gasteiger partial charge in [-0.05, 0) is 45.0 Å². The molecular formula is C14H20Cl2N2O. The molecular weight excluding hydrogens is 283 g/mol. The molecule has 0 aromatic heterocycles. The Kier molecular flexibility index (Phi) is 5.34. The van der Waals surface area contributed by atoms with E-state index in [0.717, 1.165) is 12.1 Å². The molecule has 1 heterocycles. The van der Waals surface area contributed by atoms with Crippen LogP contribution in [0.3, 0.4) is 0 Å². The Bertz CT molecular complexity index is 434. The first-order valence-corrected chi connectivity index (χ1v) is 7.45. The van der Waals surface area contributed by atoms with E-state index < -0.39 is 0 Å². The van der Waals surface area contributed by atoms with Crippen LogP contribution in [0, 0.1) is 0 Å². The van der Waals surface area contributed by atoms with Crippen molar-refractivity contribution >= 4 is 23.2 Å². The zero-order chi connectivity index (χ0) is 13.8. The number of hydrogen-bond donors (Lipinski definition) is 2. The molecule has 1 unspecified atom stereocenters. The molecule has 2 rings (SSSR count). The van der Waals surface area contributed by atoms with Crippen LogP contribution in [-0.2, 0) is 6.54 Å². The predicted octanol–water partition coefficient (Wildman–Crippen LogP) is 3.27. The summed E-state index contributed by atoms with van der Waals surface area (Å²) < 4.78 is 0. The first-order valence-electron chi connectivity index (χ1n) is 6.69. The fourth-order valence-electron chi connectivity index (χ4n) is 2.48. The molecule has 1 aromatic carbocycles. The maximum atomic E-state index is 9.86. The van der Waals surface area contributed by atoms with E-state index in [2.05, 4.69) is 17.1 Å². The van der Waals surface area contributed by atoms with Gasteiger partial charge in [0.1, 0.15) is 5.75 Å². The number of likely N-dealkylation sites (tertiary alicyclic amines) is 1. The van der Waals surface area contributed by atoms with Crippen LogP contribution in [0.25, 0.3) is 0 Å². The second-order valence-corrected chi connectivity index (χ2v) is 5.96. The Hall–Kier alpha value is -0.480. The summed E-state index contributed by atoms with van der Waals surface area (Å²) in [6.45, 7) is 6.07. The third-order valence-corrected chi connectivity index (χ3v) is 4.13. The minimum absolute atomic E-state index is 0.118. The second kappa shape index (κ2) is 6.80. The van der Waals surface area contributed by atoms with E-state index in [-0.39, 0.29) is 5.75 Å². The Morgan fingerprint density at radius 1 is 1.32 bits per heavy atom. The number of aromatic hydroxyl groups is 1. The second-order valence-electron chi connectivity index (χ2n) is 5.12. The lowest BCUT2D eigenvalue weighted by molar-refractivity contribution is 0.251. The van der Waals surface area contributed by atoms with Gasteiger partial charge in [0, 0.05) is 29.7 Å². The fourth-order valence-corrected chi connectivity index (χ4v) is 3.02. The van der Waals surface area contributed by atoms with E-state index >= 15 is 0 Å². The molecule has 1 aliphatic rings. The molecule has 3 nitrogen and oxygen atoms in total. The molecule has 0 saturated carbocycles. The number of halogens is 2. The van der Waals surface area contributed by atoms with Crippen LogP contribution in [0.15, 0.2) is 12.1 Å². The highest BCUT2D eigenvalue weighted by Gasteiger charge is 2.17. The topological polar surface area (TPSA) is 35.5 Å². The highest BCUT2D eigenvalue weighted by atomic mass is 35.5. The van der Waals surface area contributed by atoms with Crippen molar-refractivity contribution in [1.82, 2.24) is 10.2 Å². The van der Waals surface area contributed by atoms with Gasteiger partial charge in [-0.3, -0.25) is 4.90 Å². The molecule has 1 aliphatic heterocycles. The number of nitrogens with one attached hydrogen (secondary N) is 1. The maximum absolute atomic E-state index is 9.86. The van der Waals surface area contributed by atoms with Gasteiger partial charge in [-0.1, -0.05) is 23.2 Å². The highest BCUT2D eigenvalue weighted by molar-refractivity contribution is 6.35. The van der Waals surface area contributed by atoms with E-state index in [1.807, 2.05) is 0 Å².